The number of aromatic nitrogens is 1. The Morgan fingerprint density at radius 1 is 1.03 bits per heavy atom. The standard InChI is InChI=1S/C18H13F6N3O3/c19-17(20,21)10-5-6-15(29)26(8-10)9-16(30)27-12-4-2-1-3-11(12)25-14(28)7-13(27)18(22,23)24/h1-6,8,13H,7,9H2,(H,25,28). The first kappa shape index (κ1) is 21.4. The van der Waals surface area contributed by atoms with Crippen LogP contribution in [0.3, 0.4) is 0 Å². The zero-order valence-electron chi connectivity index (χ0n) is 14.9. The average molecular weight is 433 g/mol. The summed E-state index contributed by atoms with van der Waals surface area (Å²) in [6.07, 6.45) is -10.6. The molecule has 1 aromatic carbocycles. The fraction of sp³-hybridized carbons (Fsp3) is 0.278. The van der Waals surface area contributed by atoms with E-state index in [0.717, 1.165) is 6.07 Å². The number of rotatable bonds is 2. The molecule has 2 heterocycles. The number of amides is 2. The van der Waals surface area contributed by atoms with Crippen LogP contribution in [0, 0.1) is 0 Å². The van der Waals surface area contributed by atoms with Crippen molar-refractivity contribution in [1.29, 1.82) is 0 Å². The van der Waals surface area contributed by atoms with Gasteiger partial charge in [-0.05, 0) is 18.2 Å². The maximum absolute atomic E-state index is 13.6. The predicted octanol–water partition coefficient (Wildman–Crippen LogP) is 3.17. The number of pyridine rings is 1. The van der Waals surface area contributed by atoms with Gasteiger partial charge in [-0.1, -0.05) is 12.1 Å². The molecule has 12 heteroatoms. The van der Waals surface area contributed by atoms with Gasteiger partial charge in [0.2, 0.25) is 11.8 Å². The molecular formula is C18H13F6N3O3. The largest absolute Gasteiger partial charge is 0.417 e. The Balaban J connectivity index is 2.06. The Hall–Kier alpha value is -3.31. The third kappa shape index (κ3) is 4.31. The van der Waals surface area contributed by atoms with Gasteiger partial charge in [-0.2, -0.15) is 26.3 Å². The quantitative estimate of drug-likeness (QED) is 0.740. The van der Waals surface area contributed by atoms with Gasteiger partial charge < -0.3 is 9.88 Å². The number of benzene rings is 1. The summed E-state index contributed by atoms with van der Waals surface area (Å²) in [5.41, 5.74) is -2.60. The summed E-state index contributed by atoms with van der Waals surface area (Å²) < 4.78 is 80.0. The molecule has 0 bridgehead atoms. The van der Waals surface area contributed by atoms with Crippen molar-refractivity contribution < 1.29 is 35.9 Å². The van der Waals surface area contributed by atoms with Crippen LogP contribution in [0.2, 0.25) is 0 Å². The second-order valence-electron chi connectivity index (χ2n) is 6.47. The maximum atomic E-state index is 13.6. The zero-order valence-corrected chi connectivity index (χ0v) is 14.9. The molecule has 2 amide bonds. The van der Waals surface area contributed by atoms with Crippen LogP contribution in [0.25, 0.3) is 0 Å². The number of hydrogen-bond acceptors (Lipinski definition) is 3. The lowest BCUT2D eigenvalue weighted by molar-refractivity contribution is -0.158. The third-order valence-electron chi connectivity index (χ3n) is 4.39. The molecular weight excluding hydrogens is 420 g/mol. The van der Waals surface area contributed by atoms with Crippen molar-refractivity contribution in [2.24, 2.45) is 0 Å². The van der Waals surface area contributed by atoms with Gasteiger partial charge in [0.1, 0.15) is 12.6 Å². The second kappa shape index (κ2) is 7.50. The fourth-order valence-corrected chi connectivity index (χ4v) is 3.04. The summed E-state index contributed by atoms with van der Waals surface area (Å²) in [6.45, 7) is -1.09. The molecule has 0 saturated heterocycles. The van der Waals surface area contributed by atoms with Gasteiger partial charge in [0.15, 0.2) is 0 Å². The van der Waals surface area contributed by atoms with Crippen LogP contribution in [0.15, 0.2) is 47.4 Å². The van der Waals surface area contributed by atoms with Crippen molar-refractivity contribution in [2.75, 3.05) is 10.2 Å². The van der Waals surface area contributed by atoms with Crippen molar-refractivity contribution in [1.82, 2.24) is 4.57 Å². The molecule has 30 heavy (non-hydrogen) atoms. The van der Waals surface area contributed by atoms with Gasteiger partial charge in [0.05, 0.1) is 23.4 Å². The minimum atomic E-state index is -5.01. The minimum Gasteiger partial charge on any atom is -0.324 e. The molecule has 1 unspecified atom stereocenters. The van der Waals surface area contributed by atoms with E-state index in [1.54, 1.807) is 0 Å². The van der Waals surface area contributed by atoms with Crippen molar-refractivity contribution in [2.45, 2.75) is 31.4 Å². The Kier molecular flexibility index (Phi) is 5.35. The molecule has 160 valence electrons. The van der Waals surface area contributed by atoms with Crippen LogP contribution in [0.5, 0.6) is 0 Å². The van der Waals surface area contributed by atoms with Crippen LogP contribution in [-0.4, -0.2) is 28.6 Å². The van der Waals surface area contributed by atoms with Gasteiger partial charge in [0, 0.05) is 12.3 Å². The summed E-state index contributed by atoms with van der Waals surface area (Å²) in [5, 5.41) is 2.26. The smallest absolute Gasteiger partial charge is 0.324 e. The van der Waals surface area contributed by atoms with E-state index >= 15 is 0 Å². The molecule has 1 aromatic heterocycles. The number of anilines is 2. The van der Waals surface area contributed by atoms with Crippen molar-refractivity contribution in [3.63, 3.8) is 0 Å². The molecule has 0 saturated carbocycles. The number of fused-ring (bicyclic) bond motifs is 1. The number of halogens is 6. The Bertz CT molecular complexity index is 1040. The van der Waals surface area contributed by atoms with Crippen LogP contribution < -0.4 is 15.8 Å². The van der Waals surface area contributed by atoms with Gasteiger partial charge in [-0.25, -0.2) is 0 Å². The van der Waals surface area contributed by atoms with E-state index in [1.165, 1.54) is 18.2 Å². The van der Waals surface area contributed by atoms with Crippen molar-refractivity contribution in [3.05, 3.63) is 58.5 Å². The lowest BCUT2D eigenvalue weighted by Gasteiger charge is -2.31. The zero-order chi connectivity index (χ0) is 22.3. The highest BCUT2D eigenvalue weighted by Gasteiger charge is 2.49. The van der Waals surface area contributed by atoms with E-state index < -0.39 is 54.3 Å². The first-order valence-electron chi connectivity index (χ1n) is 8.43. The van der Waals surface area contributed by atoms with Gasteiger partial charge in [0.25, 0.3) is 5.56 Å². The number of alkyl halides is 6. The SMILES string of the molecule is O=C1CC(C(F)(F)F)N(C(=O)Cn2cc(C(F)(F)F)ccc2=O)c2ccccc2N1. The van der Waals surface area contributed by atoms with E-state index in [1.807, 2.05) is 0 Å². The molecule has 1 atom stereocenters. The molecule has 0 radical (unpaired) electrons. The highest BCUT2D eigenvalue weighted by molar-refractivity contribution is 6.04. The molecule has 1 aliphatic rings. The molecule has 1 aliphatic heterocycles. The van der Waals surface area contributed by atoms with Crippen LogP contribution in [-0.2, 0) is 22.3 Å². The first-order chi connectivity index (χ1) is 13.9. The molecule has 0 fully saturated rings. The van der Waals surface area contributed by atoms with E-state index in [-0.39, 0.29) is 11.4 Å². The second-order valence-corrected chi connectivity index (χ2v) is 6.47. The van der Waals surface area contributed by atoms with E-state index in [9.17, 15) is 40.7 Å². The van der Waals surface area contributed by atoms with Crippen molar-refractivity contribution >= 4 is 23.2 Å². The number of hydrogen-bond donors (Lipinski definition) is 1. The Morgan fingerprint density at radius 2 is 1.70 bits per heavy atom. The van der Waals surface area contributed by atoms with Crippen LogP contribution >= 0.6 is 0 Å². The summed E-state index contributed by atoms with van der Waals surface area (Å²) in [6, 6.07) is 3.71. The van der Waals surface area contributed by atoms with Crippen LogP contribution in [0.1, 0.15) is 12.0 Å². The molecule has 1 N–H and O–H groups in total. The van der Waals surface area contributed by atoms with E-state index in [2.05, 4.69) is 5.32 Å². The summed E-state index contributed by atoms with van der Waals surface area (Å²) in [7, 11) is 0. The van der Waals surface area contributed by atoms with E-state index in [0.29, 0.717) is 27.8 Å². The predicted molar refractivity (Wildman–Crippen MR) is 92.7 cm³/mol. The number of nitrogens with one attached hydrogen (secondary N) is 1. The summed E-state index contributed by atoms with van der Waals surface area (Å²) in [5.74, 6) is -2.29. The van der Waals surface area contributed by atoms with Crippen molar-refractivity contribution in [3.8, 4) is 0 Å². The molecule has 6 nitrogen and oxygen atoms in total. The van der Waals surface area contributed by atoms with E-state index in [4.69, 9.17) is 0 Å². The Morgan fingerprint density at radius 3 is 2.33 bits per heavy atom. The first-order valence-corrected chi connectivity index (χ1v) is 8.43. The number of carbonyl (C=O) groups is 2. The highest BCUT2D eigenvalue weighted by Crippen LogP contribution is 2.38. The molecule has 2 aromatic rings. The maximum Gasteiger partial charge on any atom is 0.417 e. The molecule has 0 spiro atoms. The Labute approximate surface area is 164 Å². The number of nitrogens with zero attached hydrogens (tertiary/aromatic N) is 2. The fourth-order valence-electron chi connectivity index (χ4n) is 3.04. The third-order valence-corrected chi connectivity index (χ3v) is 4.39. The lowest BCUT2D eigenvalue weighted by Crippen LogP contribution is -2.51. The van der Waals surface area contributed by atoms with Gasteiger partial charge >= 0.3 is 12.4 Å². The molecule has 0 aliphatic carbocycles. The number of carbonyl (C=O) groups excluding carboxylic acids is 2. The lowest BCUT2D eigenvalue weighted by atomic mass is 10.1. The summed E-state index contributed by atoms with van der Waals surface area (Å²) in [4.78, 5) is 36.9. The highest BCUT2D eigenvalue weighted by atomic mass is 19.4. The number of para-hydroxylation sites is 2. The monoisotopic (exact) mass is 433 g/mol. The topological polar surface area (TPSA) is 71.4 Å². The normalized spacial score (nSPS) is 17.2. The summed E-state index contributed by atoms with van der Waals surface area (Å²) >= 11 is 0. The van der Waals surface area contributed by atoms with Gasteiger partial charge in [-0.3, -0.25) is 19.3 Å². The van der Waals surface area contributed by atoms with Crippen LogP contribution in [0.4, 0.5) is 37.7 Å². The molecule has 3 rings (SSSR count). The van der Waals surface area contributed by atoms with Gasteiger partial charge in [-0.15, -0.1) is 0 Å². The minimum absolute atomic E-state index is 0.0704. The average Bonchev–Trinajstić information content (AvgIpc) is 2.78.